The van der Waals surface area contributed by atoms with Crippen molar-refractivity contribution in [3.8, 4) is 0 Å². The minimum absolute atomic E-state index is 0.0927. The van der Waals surface area contributed by atoms with Gasteiger partial charge in [-0.2, -0.15) is 0 Å². The highest BCUT2D eigenvalue weighted by atomic mass is 16.5. The number of hydrogen-bond acceptors (Lipinski definition) is 4. The summed E-state index contributed by atoms with van der Waals surface area (Å²) in [6.07, 6.45) is 15.4. The van der Waals surface area contributed by atoms with Crippen LogP contribution in [0.1, 0.15) is 36.0 Å². The lowest BCUT2D eigenvalue weighted by Gasteiger charge is -2.55. The Balaban J connectivity index is 3.19. The lowest BCUT2D eigenvalue weighted by Crippen LogP contribution is -2.91. The number of carbonyl (C=O) groups excluding carboxylic acids is 1. The number of hydrogen-bond donors (Lipinski definition) is 2. The number of nitrogens with two attached hydrogens (primary N) is 2. The molecule has 46 heteroatoms. The van der Waals surface area contributed by atoms with Crippen molar-refractivity contribution in [2.45, 2.75) is 37.6 Å². The summed E-state index contributed by atoms with van der Waals surface area (Å²) in [5.41, 5.74) is 13.7. The lowest BCUT2D eigenvalue weighted by atomic mass is 8.29. The van der Waals surface area contributed by atoms with Crippen LogP contribution in [-0.2, 0) is 4.74 Å². The summed E-state index contributed by atoms with van der Waals surface area (Å²) < 4.78 is 6.36. The molecule has 260 valence electrons. The van der Waals surface area contributed by atoms with Gasteiger partial charge in [0, 0.05) is 146 Å². The number of benzene rings is 1. The van der Waals surface area contributed by atoms with Crippen molar-refractivity contribution in [1.82, 2.24) is 0 Å². The predicted molar refractivity (Wildman–Crippen MR) is 368 cm³/mol. The maximum atomic E-state index is 13.6. The minimum atomic E-state index is -0.296. The second-order valence-electron chi connectivity index (χ2n) is 23.5. The summed E-state index contributed by atoms with van der Waals surface area (Å²) in [6, 6.07) is 5.11. The van der Waals surface area contributed by atoms with Crippen LogP contribution < -0.4 is 11.5 Å². The van der Waals surface area contributed by atoms with Crippen LogP contribution >= 0.6 is 0 Å². The first-order valence-corrected chi connectivity index (χ1v) is 25.2. The van der Waals surface area contributed by atoms with Gasteiger partial charge in [-0.15, -0.1) is 0 Å². The van der Waals surface area contributed by atoms with Gasteiger partial charge in [0.2, 0.25) is 0 Å². The summed E-state index contributed by atoms with van der Waals surface area (Å²) >= 11 is 0. The molecule has 0 radical (unpaired) electrons. The van der Waals surface area contributed by atoms with Crippen LogP contribution in [0.3, 0.4) is 0 Å². The highest BCUT2D eigenvalue weighted by Gasteiger charge is 2.60. The van der Waals surface area contributed by atoms with Crippen molar-refractivity contribution in [2.24, 2.45) is 0 Å². The van der Waals surface area contributed by atoms with E-state index in [1.54, 1.807) is 18.2 Å². The maximum absolute atomic E-state index is 13.6. The van der Waals surface area contributed by atoms with E-state index in [1.165, 1.54) is 7.06 Å². The van der Waals surface area contributed by atoms with E-state index in [2.05, 4.69) is 162 Å². The van der Waals surface area contributed by atoms with E-state index in [9.17, 15) is 4.79 Å². The average Bonchev–Trinajstić information content (AvgIpc) is 3.07. The quantitative estimate of drug-likeness (QED) is 0.0667. The van der Waals surface area contributed by atoms with Crippen LogP contribution in [0.15, 0.2) is 18.2 Å². The fraction of sp³-hybridized carbons (Fsp3) is 0.462. The molecular formula is C13H60B42N2O2. The second-order valence-corrected chi connectivity index (χ2v) is 23.5. The molecule has 4 N–H and O–H groups in total. The van der Waals surface area contributed by atoms with Gasteiger partial charge in [0.25, 0.3) is 0 Å². The van der Waals surface area contributed by atoms with Crippen LogP contribution in [0, 0.1) is 0 Å². The fourth-order valence-electron chi connectivity index (χ4n) is 14.8. The second kappa shape index (κ2) is 25.6. The molecule has 0 unspecified atom stereocenters. The highest BCUT2D eigenvalue weighted by molar-refractivity contribution is 8.29. The Morgan fingerprint density at radius 3 is 1.10 bits per heavy atom. The molecule has 0 bridgehead atoms. The number of ether oxygens (including phenoxy) is 1. The predicted octanol–water partition coefficient (Wildman–Crippen LogP) is -25.2. The number of carbonyl (C=O) groups is 1. The molecule has 1 aromatic carbocycles. The zero-order valence-corrected chi connectivity index (χ0v) is 42.9. The summed E-state index contributed by atoms with van der Waals surface area (Å²) in [7, 11) is 54.9. The zero-order chi connectivity index (χ0) is 45.4. The van der Waals surface area contributed by atoms with Crippen molar-refractivity contribution >= 4 is 315 Å². The average molecular weight is 731 g/mol. The number of esters is 1. The molecule has 1 aliphatic rings. The molecule has 0 spiro atoms. The summed E-state index contributed by atoms with van der Waals surface area (Å²) in [4.78, 5) is 13.6. The van der Waals surface area contributed by atoms with Crippen molar-refractivity contribution in [3.63, 3.8) is 0 Å². The molecule has 0 atom stereocenters. The molecule has 0 heterocycles. The molecule has 0 aliphatic heterocycles. The molecule has 4 nitrogen and oxygen atoms in total. The molecule has 1 fully saturated rings. The van der Waals surface area contributed by atoms with Crippen molar-refractivity contribution in [1.29, 1.82) is 0 Å². The van der Waals surface area contributed by atoms with Crippen LogP contribution in [0.25, 0.3) is 0 Å². The van der Waals surface area contributed by atoms with E-state index in [0.717, 1.165) is 25.7 Å². The number of anilines is 2. The van der Waals surface area contributed by atoms with Crippen LogP contribution in [0.4, 0.5) is 11.4 Å². The Bertz CT molecular complexity index is 1300. The topological polar surface area (TPSA) is 78.3 Å². The van der Waals surface area contributed by atoms with E-state index in [1.807, 2.05) is 0 Å². The molecular weight excluding hydrogens is 670 g/mol. The monoisotopic (exact) mass is 739 g/mol. The van der Waals surface area contributed by atoms with Crippen molar-refractivity contribution < 1.29 is 9.53 Å². The van der Waals surface area contributed by atoms with Gasteiger partial charge in [-0.25, -0.2) is 4.79 Å². The molecule has 59 heavy (non-hydrogen) atoms. The van der Waals surface area contributed by atoms with E-state index in [4.69, 9.17) is 16.2 Å². The molecule has 2 rings (SSSR count). The number of rotatable bonds is 23. The molecule has 0 saturated heterocycles. The van der Waals surface area contributed by atoms with Gasteiger partial charge in [-0.1, -0.05) is 18.7 Å². The molecule has 0 aromatic heterocycles. The largest absolute Gasteiger partial charge is 0.459 e. The van der Waals surface area contributed by atoms with Crippen LogP contribution in [-0.4, -0.2) is 309 Å². The Hall–Kier alpha value is 1.02. The van der Waals surface area contributed by atoms with Gasteiger partial charge >= 0.3 is 5.97 Å². The van der Waals surface area contributed by atoms with Crippen molar-refractivity contribution in [2.75, 3.05) is 11.5 Å². The molecule has 0 amide bonds. The normalized spacial score (nSPS) is 14.1. The van der Waals surface area contributed by atoms with E-state index in [-0.39, 0.29) is 12.1 Å². The lowest BCUT2D eigenvalue weighted by molar-refractivity contribution is 0.0211. The minimum Gasteiger partial charge on any atom is -0.459 e. The van der Waals surface area contributed by atoms with E-state index >= 15 is 0 Å². The standard InChI is InChI=1S/C13H60B42N2O2/c14-35-47(37(15)16)54(46(33)34)49(55(52(42(25)26)43(27)28)53(44(29)30)45(31)32)36(48(50(38(17)18)39(19)20)51(40(21)22)41(23)24)9-1-3-12(4-2-9)59-13(58)8-5-10(56)7-11(57)6-8/h5-7,9,12,35H,1-4,14-34,56-57H2. The summed E-state index contributed by atoms with van der Waals surface area (Å²) in [6.45, 7) is 0.565. The first kappa shape index (κ1) is 56.1. The van der Waals surface area contributed by atoms with Crippen LogP contribution in [0.5, 0.6) is 0 Å². The van der Waals surface area contributed by atoms with Gasteiger partial charge in [-0.3, -0.25) is 0 Å². The van der Waals surface area contributed by atoms with Gasteiger partial charge in [-0.05, 0) is 31.0 Å². The SMILES string of the molecule is BBB(B(B)B)B(B(B)B)B(B(B(B(B)B)B(B)B)B(B(B)B)B(B)B)B(B(B(B(B)B)B(B)B)B(B(B)B)B(B)B)C1CCC(OC(=O)c2cc(N)cc(N)c2)CC1. The summed E-state index contributed by atoms with van der Waals surface area (Å²) in [5.74, 6) is 0.270. The third kappa shape index (κ3) is 15.0. The molecule has 1 saturated carbocycles. The van der Waals surface area contributed by atoms with Gasteiger partial charge in [0.15, 0.2) is 0 Å². The van der Waals surface area contributed by atoms with Gasteiger partial charge in [0.1, 0.15) is 6.10 Å². The summed E-state index contributed by atoms with van der Waals surface area (Å²) in [5, 5.41) is 0. The number of nitrogen functional groups attached to an aromatic ring is 2. The van der Waals surface area contributed by atoms with Gasteiger partial charge in [0.05, 0.1) is 168 Å². The smallest absolute Gasteiger partial charge is 0.338 e. The maximum Gasteiger partial charge on any atom is 0.338 e. The Kier molecular flexibility index (Phi) is 24.4. The Labute approximate surface area is 394 Å². The first-order chi connectivity index (χ1) is 27.3. The highest BCUT2D eigenvalue weighted by Crippen LogP contribution is 2.37. The van der Waals surface area contributed by atoms with Gasteiger partial charge < -0.3 is 16.2 Å². The first-order valence-electron chi connectivity index (χ1n) is 25.2. The molecule has 1 aromatic rings. The van der Waals surface area contributed by atoms with Crippen LogP contribution in [0.2, 0.25) is 5.82 Å². The fourth-order valence-corrected chi connectivity index (χ4v) is 14.8. The third-order valence-electron chi connectivity index (χ3n) is 16.1. The van der Waals surface area contributed by atoms with Crippen molar-refractivity contribution in [3.05, 3.63) is 23.8 Å². The Morgan fingerprint density at radius 2 is 0.797 bits per heavy atom. The Morgan fingerprint density at radius 1 is 0.475 bits per heavy atom. The van der Waals surface area contributed by atoms with E-state index in [0.29, 0.717) is 151 Å². The zero-order valence-electron chi connectivity index (χ0n) is 42.9. The third-order valence-corrected chi connectivity index (χ3v) is 16.1. The van der Waals surface area contributed by atoms with E-state index < -0.39 is 0 Å². The molecule has 1 aliphatic carbocycles.